The minimum atomic E-state index is -4.69. The molecule has 122 valence electrons. The highest BCUT2D eigenvalue weighted by Gasteiger charge is 2.31. The van der Waals surface area contributed by atoms with Crippen LogP contribution in [0.25, 0.3) is 0 Å². The van der Waals surface area contributed by atoms with Gasteiger partial charge in [0.05, 0.1) is 0 Å². The molecule has 0 saturated carbocycles. The molecule has 0 bridgehead atoms. The Labute approximate surface area is 124 Å². The van der Waals surface area contributed by atoms with Gasteiger partial charge in [-0.05, 0) is 31.5 Å². The highest BCUT2D eigenvalue weighted by molar-refractivity contribution is 5.67. The molecule has 21 heavy (non-hydrogen) atoms. The average Bonchev–Trinajstić information content (AvgIpc) is 2.41. The van der Waals surface area contributed by atoms with Crippen molar-refractivity contribution in [2.24, 2.45) is 0 Å². The zero-order valence-electron chi connectivity index (χ0n) is 13.2. The van der Waals surface area contributed by atoms with E-state index in [-0.39, 0.29) is 5.75 Å². The lowest BCUT2D eigenvalue weighted by Gasteiger charge is -2.17. The summed E-state index contributed by atoms with van der Waals surface area (Å²) < 4.78 is 43.6. The van der Waals surface area contributed by atoms with Gasteiger partial charge in [0.25, 0.3) is 0 Å². The van der Waals surface area contributed by atoms with Crippen LogP contribution in [0.5, 0.6) is 5.75 Å². The molecular formula is C15H23F3O3. The molecule has 0 N–H and O–H groups in total. The van der Waals surface area contributed by atoms with Gasteiger partial charge in [-0.25, -0.2) is 0 Å². The summed E-state index contributed by atoms with van der Waals surface area (Å²) >= 11 is 0. The van der Waals surface area contributed by atoms with E-state index >= 15 is 0 Å². The van der Waals surface area contributed by atoms with E-state index in [9.17, 15) is 18.0 Å². The Morgan fingerprint density at radius 2 is 1.38 bits per heavy atom. The Balaban J connectivity index is 0. The number of ether oxygens (including phenoxy) is 2. The van der Waals surface area contributed by atoms with Crippen molar-refractivity contribution in [3.8, 4) is 5.75 Å². The number of carbonyl (C=O) groups excluding carboxylic acids is 1. The van der Waals surface area contributed by atoms with Crippen molar-refractivity contribution in [2.75, 3.05) is 14.2 Å². The summed E-state index contributed by atoms with van der Waals surface area (Å²) in [6.45, 7) is 7.36. The molecule has 0 aliphatic heterocycles. The summed E-state index contributed by atoms with van der Waals surface area (Å²) in [4.78, 5) is 10.7. The van der Waals surface area contributed by atoms with Crippen LogP contribution in [-0.2, 0) is 14.9 Å². The maximum absolute atomic E-state index is 11.9. The van der Waals surface area contributed by atoms with Crippen LogP contribution in [-0.4, -0.2) is 26.9 Å². The van der Waals surface area contributed by atoms with Crippen molar-refractivity contribution in [1.29, 1.82) is 0 Å². The van der Waals surface area contributed by atoms with Crippen molar-refractivity contribution >= 4 is 6.29 Å². The Kier molecular flexibility index (Phi) is 10.6. The zero-order chi connectivity index (χ0) is 17.1. The molecule has 0 aliphatic carbocycles. The summed E-state index contributed by atoms with van der Waals surface area (Å²) in [7, 11) is 3.25. The third-order valence-electron chi connectivity index (χ3n) is 2.13. The number of carbonyl (C=O) groups is 1. The highest BCUT2D eigenvalue weighted by atomic mass is 19.4. The maximum Gasteiger partial charge on any atom is 0.573 e. The molecule has 0 radical (unpaired) electrons. The largest absolute Gasteiger partial charge is 0.573 e. The lowest BCUT2D eigenvalue weighted by atomic mass is 9.86. The molecular weight excluding hydrogens is 285 g/mol. The fourth-order valence-corrected chi connectivity index (χ4v) is 1.15. The molecule has 1 aromatic carbocycles. The normalized spacial score (nSPS) is 10.5. The monoisotopic (exact) mass is 308 g/mol. The topological polar surface area (TPSA) is 35.5 Å². The number of hydrogen-bond donors (Lipinski definition) is 0. The van der Waals surface area contributed by atoms with Crippen molar-refractivity contribution in [3.63, 3.8) is 0 Å². The van der Waals surface area contributed by atoms with Crippen LogP contribution in [0.4, 0.5) is 13.2 Å². The Hall–Kier alpha value is -1.56. The van der Waals surface area contributed by atoms with Gasteiger partial charge in [-0.15, -0.1) is 13.2 Å². The van der Waals surface area contributed by atoms with Gasteiger partial charge in [-0.3, -0.25) is 0 Å². The lowest BCUT2D eigenvalue weighted by molar-refractivity contribution is -0.274. The predicted molar refractivity (Wildman–Crippen MR) is 76.5 cm³/mol. The van der Waals surface area contributed by atoms with E-state index in [1.54, 1.807) is 28.1 Å². The molecule has 0 heterocycles. The standard InChI is InChI=1S/C11H11F3O2.C2H6O.C2H6/c1-10(2,7-15)8-3-5-9(6-4-8)16-11(12,13)14;1-3-2;1-2/h3-7H,1-2H3;1-2H3;1-2H3. The first-order chi connectivity index (χ1) is 9.66. The van der Waals surface area contributed by atoms with E-state index in [1.807, 2.05) is 13.8 Å². The number of benzene rings is 1. The number of halogens is 3. The van der Waals surface area contributed by atoms with E-state index in [4.69, 9.17) is 0 Å². The second-order valence-corrected chi connectivity index (χ2v) is 4.32. The predicted octanol–water partition coefficient (Wildman–Crippen LogP) is 4.35. The molecule has 0 atom stereocenters. The van der Waals surface area contributed by atoms with Gasteiger partial charge in [0, 0.05) is 19.6 Å². The van der Waals surface area contributed by atoms with Crippen LogP contribution >= 0.6 is 0 Å². The average molecular weight is 308 g/mol. The van der Waals surface area contributed by atoms with Crippen LogP contribution in [0.1, 0.15) is 33.3 Å². The molecule has 0 fully saturated rings. The fourth-order valence-electron chi connectivity index (χ4n) is 1.15. The number of aldehydes is 1. The Morgan fingerprint density at radius 3 is 1.67 bits per heavy atom. The first-order valence-electron chi connectivity index (χ1n) is 6.39. The number of alkyl halides is 3. The zero-order valence-corrected chi connectivity index (χ0v) is 13.2. The summed E-state index contributed by atoms with van der Waals surface area (Å²) in [5.41, 5.74) is -0.0754. The first kappa shape index (κ1) is 21.7. The maximum atomic E-state index is 11.9. The van der Waals surface area contributed by atoms with Crippen LogP contribution in [0, 0.1) is 0 Å². The van der Waals surface area contributed by atoms with Gasteiger partial charge < -0.3 is 14.3 Å². The fraction of sp³-hybridized carbons (Fsp3) is 0.533. The molecule has 0 aromatic heterocycles. The SMILES string of the molecule is CC.CC(C)(C=O)c1ccc(OC(F)(F)F)cc1.COC. The van der Waals surface area contributed by atoms with Crippen LogP contribution in [0.3, 0.4) is 0 Å². The van der Waals surface area contributed by atoms with E-state index in [1.165, 1.54) is 24.3 Å². The minimum Gasteiger partial charge on any atom is -0.406 e. The summed E-state index contributed by atoms with van der Waals surface area (Å²) in [6.07, 6.45) is -3.95. The molecule has 1 aromatic rings. The molecule has 1 rings (SSSR count). The summed E-state index contributed by atoms with van der Waals surface area (Å²) in [6, 6.07) is 5.26. The molecule has 0 amide bonds. The molecule has 0 unspecified atom stereocenters. The van der Waals surface area contributed by atoms with Gasteiger partial charge in [-0.2, -0.15) is 0 Å². The Bertz CT molecular complexity index is 384. The van der Waals surface area contributed by atoms with Crippen LogP contribution in [0.15, 0.2) is 24.3 Å². The summed E-state index contributed by atoms with van der Waals surface area (Å²) in [5.74, 6) is -0.294. The van der Waals surface area contributed by atoms with Gasteiger partial charge in [0.1, 0.15) is 12.0 Å². The van der Waals surface area contributed by atoms with Crippen molar-refractivity contribution in [3.05, 3.63) is 29.8 Å². The van der Waals surface area contributed by atoms with Crippen molar-refractivity contribution < 1.29 is 27.4 Å². The van der Waals surface area contributed by atoms with E-state index in [0.29, 0.717) is 5.56 Å². The third kappa shape index (κ3) is 9.90. The van der Waals surface area contributed by atoms with E-state index < -0.39 is 11.8 Å². The van der Waals surface area contributed by atoms with Crippen molar-refractivity contribution in [2.45, 2.75) is 39.5 Å². The lowest BCUT2D eigenvalue weighted by Crippen LogP contribution is -2.19. The minimum absolute atomic E-state index is 0.294. The first-order valence-corrected chi connectivity index (χ1v) is 6.39. The highest BCUT2D eigenvalue weighted by Crippen LogP contribution is 2.26. The molecule has 3 nitrogen and oxygen atoms in total. The van der Waals surface area contributed by atoms with Gasteiger partial charge >= 0.3 is 6.36 Å². The number of rotatable bonds is 3. The smallest absolute Gasteiger partial charge is 0.406 e. The second kappa shape index (κ2) is 10.2. The van der Waals surface area contributed by atoms with Gasteiger partial charge in [0.2, 0.25) is 0 Å². The van der Waals surface area contributed by atoms with E-state index in [2.05, 4.69) is 9.47 Å². The quantitative estimate of drug-likeness (QED) is 0.779. The van der Waals surface area contributed by atoms with E-state index in [0.717, 1.165) is 6.29 Å². The number of hydrogen-bond acceptors (Lipinski definition) is 3. The molecule has 6 heteroatoms. The van der Waals surface area contributed by atoms with Crippen LogP contribution < -0.4 is 4.74 Å². The molecule has 0 saturated heterocycles. The molecule has 0 spiro atoms. The van der Waals surface area contributed by atoms with Gasteiger partial charge in [-0.1, -0.05) is 26.0 Å². The third-order valence-corrected chi connectivity index (χ3v) is 2.13. The molecule has 0 aliphatic rings. The second-order valence-electron chi connectivity index (χ2n) is 4.32. The van der Waals surface area contributed by atoms with Gasteiger partial charge in [0.15, 0.2) is 0 Å². The van der Waals surface area contributed by atoms with Crippen LogP contribution in [0.2, 0.25) is 0 Å². The number of methoxy groups -OCH3 is 1. The van der Waals surface area contributed by atoms with Crippen molar-refractivity contribution in [1.82, 2.24) is 0 Å². The summed E-state index contributed by atoms with van der Waals surface area (Å²) in [5, 5.41) is 0. The Morgan fingerprint density at radius 1 is 1.00 bits per heavy atom.